The van der Waals surface area contributed by atoms with Crippen LogP contribution in [0.2, 0.25) is 5.02 Å². The zero-order valence-corrected chi connectivity index (χ0v) is 20.4. The molecule has 0 spiro atoms. The largest absolute Gasteiger partial charge is 0.445 e. The summed E-state index contributed by atoms with van der Waals surface area (Å²) in [6.07, 6.45) is 4.94. The van der Waals surface area contributed by atoms with E-state index in [1.165, 1.54) is 0 Å². The summed E-state index contributed by atoms with van der Waals surface area (Å²) in [6, 6.07) is 13.4. The molecular formula is C26H30ClN5O3. The van der Waals surface area contributed by atoms with Crippen LogP contribution in [0, 0.1) is 5.92 Å². The van der Waals surface area contributed by atoms with Crippen molar-refractivity contribution in [2.75, 3.05) is 39.3 Å². The molecule has 0 bridgehead atoms. The fourth-order valence-corrected chi connectivity index (χ4v) is 4.99. The molecule has 0 atom stereocenters. The Morgan fingerprint density at radius 1 is 0.914 bits per heavy atom. The van der Waals surface area contributed by atoms with Gasteiger partial charge in [0.15, 0.2) is 0 Å². The third-order valence-corrected chi connectivity index (χ3v) is 7.07. The van der Waals surface area contributed by atoms with Crippen molar-refractivity contribution in [3.05, 3.63) is 71.1 Å². The molecule has 0 N–H and O–H groups in total. The van der Waals surface area contributed by atoms with E-state index in [1.807, 2.05) is 64.2 Å². The number of hydrogen-bond donors (Lipinski definition) is 0. The molecule has 1 aromatic carbocycles. The van der Waals surface area contributed by atoms with Crippen LogP contribution in [0.25, 0.3) is 5.65 Å². The van der Waals surface area contributed by atoms with E-state index in [-0.39, 0.29) is 24.5 Å². The third kappa shape index (κ3) is 5.77. The molecule has 2 aromatic heterocycles. The van der Waals surface area contributed by atoms with E-state index in [0.29, 0.717) is 31.0 Å². The molecule has 2 aliphatic heterocycles. The maximum absolute atomic E-state index is 13.1. The minimum Gasteiger partial charge on any atom is -0.445 e. The predicted molar refractivity (Wildman–Crippen MR) is 133 cm³/mol. The van der Waals surface area contributed by atoms with E-state index in [0.717, 1.165) is 49.6 Å². The highest BCUT2D eigenvalue weighted by molar-refractivity contribution is 6.30. The number of amides is 2. The number of carbonyl (C=O) groups is 2. The first-order valence-corrected chi connectivity index (χ1v) is 12.5. The number of piperidine rings is 1. The summed E-state index contributed by atoms with van der Waals surface area (Å²) in [5.41, 5.74) is 2.85. The van der Waals surface area contributed by atoms with Crippen molar-refractivity contribution >= 4 is 29.2 Å². The number of ether oxygens (including phenoxy) is 1. The van der Waals surface area contributed by atoms with Crippen LogP contribution in [0.3, 0.4) is 0 Å². The van der Waals surface area contributed by atoms with Crippen molar-refractivity contribution in [2.24, 2.45) is 5.92 Å². The Balaban J connectivity index is 1.05. The molecule has 0 saturated carbocycles. The Labute approximate surface area is 210 Å². The molecule has 9 heteroatoms. The Bertz CT molecular complexity index is 1170. The molecule has 2 amide bonds. The van der Waals surface area contributed by atoms with Gasteiger partial charge < -0.3 is 18.9 Å². The van der Waals surface area contributed by atoms with Crippen LogP contribution in [0.4, 0.5) is 4.79 Å². The van der Waals surface area contributed by atoms with Crippen LogP contribution in [-0.2, 0) is 22.7 Å². The van der Waals surface area contributed by atoms with E-state index in [9.17, 15) is 9.59 Å². The Hall–Kier alpha value is -3.10. The van der Waals surface area contributed by atoms with Crippen molar-refractivity contribution in [1.82, 2.24) is 24.1 Å². The summed E-state index contributed by atoms with van der Waals surface area (Å²) in [5.74, 6) is 0.187. The lowest BCUT2D eigenvalue weighted by Crippen LogP contribution is -2.51. The molecule has 35 heavy (non-hydrogen) atoms. The number of benzene rings is 1. The fraction of sp³-hybridized carbons (Fsp3) is 0.423. The van der Waals surface area contributed by atoms with E-state index in [4.69, 9.17) is 16.3 Å². The van der Waals surface area contributed by atoms with Crippen molar-refractivity contribution in [3.8, 4) is 0 Å². The number of likely N-dealkylation sites (tertiary alicyclic amines) is 1. The number of piperazine rings is 1. The highest BCUT2D eigenvalue weighted by Crippen LogP contribution is 2.22. The van der Waals surface area contributed by atoms with Crippen molar-refractivity contribution < 1.29 is 14.3 Å². The summed E-state index contributed by atoms with van der Waals surface area (Å²) < 4.78 is 7.38. The van der Waals surface area contributed by atoms with Crippen molar-refractivity contribution in [2.45, 2.75) is 26.0 Å². The monoisotopic (exact) mass is 495 g/mol. The van der Waals surface area contributed by atoms with Gasteiger partial charge in [-0.15, -0.1) is 0 Å². The first-order chi connectivity index (χ1) is 17.0. The molecule has 3 aromatic rings. The highest BCUT2D eigenvalue weighted by atomic mass is 35.5. The first kappa shape index (κ1) is 23.6. The van der Waals surface area contributed by atoms with Gasteiger partial charge in [0, 0.05) is 64.1 Å². The number of fused-ring (bicyclic) bond motifs is 1. The lowest BCUT2D eigenvalue weighted by molar-refractivity contribution is -0.138. The molecule has 4 heterocycles. The van der Waals surface area contributed by atoms with E-state index in [1.54, 1.807) is 4.90 Å². The second kappa shape index (κ2) is 10.7. The number of aromatic nitrogens is 2. The lowest BCUT2D eigenvalue weighted by atomic mass is 9.95. The molecule has 0 radical (unpaired) electrons. The van der Waals surface area contributed by atoms with Crippen molar-refractivity contribution in [1.29, 1.82) is 0 Å². The summed E-state index contributed by atoms with van der Waals surface area (Å²) >= 11 is 6.07. The average Bonchev–Trinajstić information content (AvgIpc) is 3.29. The van der Waals surface area contributed by atoms with E-state index in [2.05, 4.69) is 9.88 Å². The summed E-state index contributed by atoms with van der Waals surface area (Å²) in [6.45, 7) is 5.23. The van der Waals surface area contributed by atoms with Crippen LogP contribution < -0.4 is 0 Å². The van der Waals surface area contributed by atoms with Gasteiger partial charge in [0.05, 0.1) is 10.7 Å². The number of hydrogen-bond acceptors (Lipinski definition) is 5. The Kier molecular flexibility index (Phi) is 7.20. The van der Waals surface area contributed by atoms with Gasteiger partial charge >= 0.3 is 6.09 Å². The van der Waals surface area contributed by atoms with Gasteiger partial charge in [0.25, 0.3) is 0 Å². The predicted octanol–water partition coefficient (Wildman–Crippen LogP) is 3.68. The van der Waals surface area contributed by atoms with Gasteiger partial charge in [0.2, 0.25) is 5.91 Å². The minimum absolute atomic E-state index is 0.0251. The highest BCUT2D eigenvalue weighted by Gasteiger charge is 2.32. The van der Waals surface area contributed by atoms with Crippen LogP contribution in [0.15, 0.2) is 54.9 Å². The third-order valence-electron chi connectivity index (χ3n) is 6.84. The normalized spacial score (nSPS) is 17.6. The topological polar surface area (TPSA) is 70.4 Å². The number of rotatable bonds is 5. The quantitative estimate of drug-likeness (QED) is 0.540. The van der Waals surface area contributed by atoms with Gasteiger partial charge in [-0.2, -0.15) is 0 Å². The molecule has 5 rings (SSSR count). The van der Waals surface area contributed by atoms with Crippen molar-refractivity contribution in [3.63, 3.8) is 0 Å². The molecule has 2 aliphatic rings. The summed E-state index contributed by atoms with van der Waals surface area (Å²) in [7, 11) is 0. The summed E-state index contributed by atoms with van der Waals surface area (Å²) in [5, 5.41) is 0.684. The zero-order chi connectivity index (χ0) is 24.2. The Morgan fingerprint density at radius 2 is 1.66 bits per heavy atom. The first-order valence-electron chi connectivity index (χ1n) is 12.1. The van der Waals surface area contributed by atoms with Crippen LogP contribution in [-0.4, -0.2) is 75.4 Å². The average molecular weight is 496 g/mol. The lowest BCUT2D eigenvalue weighted by Gasteiger charge is -2.38. The maximum Gasteiger partial charge on any atom is 0.410 e. The molecule has 184 valence electrons. The van der Waals surface area contributed by atoms with Crippen LogP contribution in [0.5, 0.6) is 0 Å². The second-order valence-electron chi connectivity index (χ2n) is 9.25. The van der Waals surface area contributed by atoms with E-state index >= 15 is 0 Å². The molecule has 2 saturated heterocycles. The molecular weight excluding hydrogens is 466 g/mol. The number of carbonyl (C=O) groups excluding carboxylic acids is 2. The molecule has 2 fully saturated rings. The van der Waals surface area contributed by atoms with Crippen LogP contribution >= 0.6 is 11.6 Å². The standard InChI is InChI=1S/C26H30ClN5O3/c27-22-6-7-24-28-23(18-32(24)16-22)17-29-12-14-30(15-13-29)25(33)21-8-10-31(11-9-21)26(34)35-19-20-4-2-1-3-5-20/h1-7,16,18,21H,8-15,17,19H2. The molecule has 0 aliphatic carbocycles. The minimum atomic E-state index is -0.303. The zero-order valence-electron chi connectivity index (χ0n) is 19.7. The molecule has 0 unspecified atom stereocenters. The SMILES string of the molecule is O=C(OCc1ccccc1)N1CCC(C(=O)N2CCN(Cc3cn4cc(Cl)ccc4n3)CC2)CC1. The number of imidazole rings is 1. The van der Waals surface area contributed by atoms with E-state index < -0.39 is 0 Å². The van der Waals surface area contributed by atoms with Crippen LogP contribution in [0.1, 0.15) is 24.1 Å². The molecule has 8 nitrogen and oxygen atoms in total. The van der Waals surface area contributed by atoms with Gasteiger partial charge in [-0.05, 0) is 30.5 Å². The van der Waals surface area contributed by atoms with Gasteiger partial charge in [-0.3, -0.25) is 9.69 Å². The Morgan fingerprint density at radius 3 is 2.40 bits per heavy atom. The number of halogens is 1. The van der Waals surface area contributed by atoms with Gasteiger partial charge in [-0.25, -0.2) is 9.78 Å². The van der Waals surface area contributed by atoms with Gasteiger partial charge in [-0.1, -0.05) is 41.9 Å². The summed E-state index contributed by atoms with van der Waals surface area (Å²) in [4.78, 5) is 36.2. The van der Waals surface area contributed by atoms with Gasteiger partial charge in [0.1, 0.15) is 12.3 Å². The number of pyridine rings is 1. The second-order valence-corrected chi connectivity index (χ2v) is 9.68. The fourth-order valence-electron chi connectivity index (χ4n) is 4.83. The maximum atomic E-state index is 13.1. The number of nitrogens with zero attached hydrogens (tertiary/aromatic N) is 5. The smallest absolute Gasteiger partial charge is 0.410 e.